The average Bonchev–Trinajstić information content (AvgIpc) is 3.96. The molecule has 1 aromatic carbocycles. The summed E-state index contributed by atoms with van der Waals surface area (Å²) in [7, 11) is -3.87. The van der Waals surface area contributed by atoms with Gasteiger partial charge in [-0.3, -0.25) is 33.3 Å². The SMILES string of the molecule is CC[C@H]1C[C@]1(NC(=O)[C@@H]1C[C@@H]2CN1C(=O)[C@H](C1CCCC1)CC(=O)O[C@@H]1CCC[C@H]1CC/C=C/Cn1c(nc3ccccc3c1=O)O2)C(=O)NS(=O)(=O)C1CC1. The van der Waals surface area contributed by atoms with E-state index in [0.717, 1.165) is 57.8 Å². The number of carbonyl (C=O) groups is 4. The van der Waals surface area contributed by atoms with Crippen molar-refractivity contribution in [3.8, 4) is 6.01 Å². The molecule has 5 fully saturated rings. The number of amides is 3. The third kappa shape index (κ3) is 7.71. The summed E-state index contributed by atoms with van der Waals surface area (Å²) in [4.78, 5) is 76.8. The molecule has 1 aromatic heterocycles. The Morgan fingerprint density at radius 1 is 0.946 bits per heavy atom. The van der Waals surface area contributed by atoms with E-state index >= 15 is 0 Å². The molecule has 14 nitrogen and oxygen atoms in total. The second kappa shape index (κ2) is 15.6. The highest BCUT2D eigenvalue weighted by molar-refractivity contribution is 7.91. The molecule has 0 unspecified atom stereocenters. The van der Waals surface area contributed by atoms with Crippen LogP contribution in [0.4, 0.5) is 0 Å². The Bertz CT molecular complexity index is 2080. The van der Waals surface area contributed by atoms with E-state index in [1.54, 1.807) is 24.3 Å². The van der Waals surface area contributed by atoms with Crippen LogP contribution >= 0.6 is 0 Å². The molecule has 8 rings (SSSR count). The summed E-state index contributed by atoms with van der Waals surface area (Å²) in [6.07, 6.45) is 12.3. The second-order valence-electron chi connectivity index (χ2n) is 16.9. The molecule has 0 spiro atoms. The van der Waals surface area contributed by atoms with Gasteiger partial charge in [0.25, 0.3) is 17.5 Å². The first-order valence-corrected chi connectivity index (χ1v) is 22.2. The molecule has 2 N–H and O–H groups in total. The normalized spacial score (nSPS) is 32.1. The molecule has 3 heterocycles. The number of esters is 1. The minimum absolute atomic E-state index is 0.0229. The molecule has 3 amide bonds. The van der Waals surface area contributed by atoms with Gasteiger partial charge in [0.15, 0.2) is 0 Å². The molecule has 2 aromatic rings. The van der Waals surface area contributed by atoms with Gasteiger partial charge in [-0.25, -0.2) is 8.42 Å². The first-order chi connectivity index (χ1) is 27.0. The van der Waals surface area contributed by atoms with Crippen LogP contribution in [0, 0.1) is 23.7 Å². The van der Waals surface area contributed by atoms with Gasteiger partial charge in [-0.15, -0.1) is 0 Å². The zero-order valence-corrected chi connectivity index (χ0v) is 32.8. The lowest BCUT2D eigenvalue weighted by Gasteiger charge is -2.32. The van der Waals surface area contributed by atoms with Crippen LogP contribution in [0.15, 0.2) is 41.2 Å². The van der Waals surface area contributed by atoms with Gasteiger partial charge in [0, 0.05) is 13.0 Å². The van der Waals surface area contributed by atoms with E-state index in [1.165, 1.54) is 9.47 Å². The summed E-state index contributed by atoms with van der Waals surface area (Å²) in [5.74, 6) is -3.00. The minimum atomic E-state index is -3.87. The predicted octanol–water partition coefficient (Wildman–Crippen LogP) is 3.90. The molecule has 0 radical (unpaired) electrons. The van der Waals surface area contributed by atoms with Crippen molar-refractivity contribution in [1.82, 2.24) is 24.5 Å². The third-order valence-corrected chi connectivity index (χ3v) is 15.0. The van der Waals surface area contributed by atoms with E-state index < -0.39 is 56.7 Å². The van der Waals surface area contributed by atoms with E-state index in [2.05, 4.69) is 10.0 Å². The number of para-hydroxylation sites is 1. The number of hydrogen-bond donors (Lipinski definition) is 2. The van der Waals surface area contributed by atoms with Gasteiger partial charge in [0.1, 0.15) is 23.8 Å². The standard InChI is InChI=1S/C41H53N5O9S/c1-2-27-23-41(27,39(51)44-56(52,53)29-18-19-29)43-36(48)33-21-28-24-46(33)38(50)31(25-11-5-6-12-25)22-35(47)55-34-17-10-14-26(34)13-4-3-9-20-45-37(49)30-15-7-8-16-32(30)42-40(45)54-28/h3,7-9,15-16,25-29,31,33-34H,2,4-6,10-14,17-24H2,1H3,(H,43,48)(H,44,51)/b9-3+/t26-,27+,28-,31+,33+,34-,41-/m1/s1. The van der Waals surface area contributed by atoms with Crippen molar-refractivity contribution in [2.24, 2.45) is 23.7 Å². The Morgan fingerprint density at radius 3 is 2.46 bits per heavy atom. The van der Waals surface area contributed by atoms with E-state index in [4.69, 9.17) is 14.5 Å². The van der Waals surface area contributed by atoms with Crippen molar-refractivity contribution in [2.75, 3.05) is 6.54 Å². The Morgan fingerprint density at radius 2 is 1.71 bits per heavy atom. The summed E-state index contributed by atoms with van der Waals surface area (Å²) in [5, 5.41) is 2.73. The maximum Gasteiger partial charge on any atom is 0.306 e. The van der Waals surface area contributed by atoms with Gasteiger partial charge < -0.3 is 19.7 Å². The Balaban J connectivity index is 1.14. The maximum absolute atomic E-state index is 14.9. The highest BCUT2D eigenvalue weighted by Gasteiger charge is 2.62. The fourth-order valence-corrected chi connectivity index (χ4v) is 11.1. The molecular weight excluding hydrogens is 739 g/mol. The number of carbonyl (C=O) groups excluding carboxylic acids is 4. The smallest absolute Gasteiger partial charge is 0.306 e. The number of nitrogens with one attached hydrogen (secondary N) is 2. The molecular formula is C41H53N5O9S. The highest BCUT2D eigenvalue weighted by atomic mass is 32.2. The molecule has 56 heavy (non-hydrogen) atoms. The van der Waals surface area contributed by atoms with Gasteiger partial charge in [0.05, 0.1) is 35.0 Å². The Hall–Kier alpha value is -4.27. The molecule has 2 bridgehead atoms. The van der Waals surface area contributed by atoms with Crippen LogP contribution in [0.2, 0.25) is 0 Å². The lowest BCUT2D eigenvalue weighted by Crippen LogP contribution is -2.57. The van der Waals surface area contributed by atoms with Crippen molar-refractivity contribution in [3.05, 3.63) is 46.8 Å². The number of allylic oxidation sites excluding steroid dienone is 2. The lowest BCUT2D eigenvalue weighted by atomic mass is 9.86. The van der Waals surface area contributed by atoms with E-state index in [9.17, 15) is 32.4 Å². The molecule has 4 saturated carbocycles. The van der Waals surface area contributed by atoms with Crippen molar-refractivity contribution in [1.29, 1.82) is 0 Å². The zero-order chi connectivity index (χ0) is 39.2. The van der Waals surface area contributed by atoms with E-state index in [0.29, 0.717) is 30.2 Å². The molecule has 15 heteroatoms. The quantitative estimate of drug-likeness (QED) is 0.308. The van der Waals surface area contributed by atoms with Crippen molar-refractivity contribution >= 4 is 44.6 Å². The molecule has 302 valence electrons. The summed E-state index contributed by atoms with van der Waals surface area (Å²) in [5.41, 5.74) is -1.26. The molecule has 4 aliphatic carbocycles. The average molecular weight is 792 g/mol. The molecule has 6 aliphatic rings. The largest absolute Gasteiger partial charge is 0.462 e. The fraction of sp³-hybridized carbons (Fsp3) is 0.659. The molecule has 7 atom stereocenters. The Labute approximate surface area is 327 Å². The summed E-state index contributed by atoms with van der Waals surface area (Å²) < 4.78 is 41.9. The number of nitrogens with zero attached hydrogens (tertiary/aromatic N) is 3. The number of rotatable bonds is 7. The number of aromatic nitrogens is 2. The topological polar surface area (TPSA) is 183 Å². The molecule has 2 aliphatic heterocycles. The van der Waals surface area contributed by atoms with Gasteiger partial charge in [-0.2, -0.15) is 4.98 Å². The van der Waals surface area contributed by atoms with Gasteiger partial charge in [-0.05, 0) is 94.1 Å². The number of benzene rings is 1. The maximum atomic E-state index is 14.9. The highest BCUT2D eigenvalue weighted by Crippen LogP contribution is 2.47. The second-order valence-corrected chi connectivity index (χ2v) is 18.8. The summed E-state index contributed by atoms with van der Waals surface area (Å²) >= 11 is 0. The third-order valence-electron chi connectivity index (χ3n) is 13.2. The van der Waals surface area contributed by atoms with Crippen LogP contribution < -0.4 is 20.3 Å². The first kappa shape index (κ1) is 38.6. The van der Waals surface area contributed by atoms with Gasteiger partial charge >= 0.3 is 5.97 Å². The number of fused-ring (bicyclic) bond motifs is 5. The van der Waals surface area contributed by atoms with Crippen LogP contribution in [0.5, 0.6) is 6.01 Å². The van der Waals surface area contributed by atoms with E-state index in [-0.39, 0.29) is 73.7 Å². The van der Waals surface area contributed by atoms with Crippen LogP contribution in [-0.4, -0.2) is 82.1 Å². The van der Waals surface area contributed by atoms with Crippen molar-refractivity contribution in [2.45, 2.75) is 139 Å². The number of sulfonamides is 1. The summed E-state index contributed by atoms with van der Waals surface area (Å²) in [6.45, 7) is 2.05. The van der Waals surface area contributed by atoms with Crippen LogP contribution in [0.1, 0.15) is 103 Å². The van der Waals surface area contributed by atoms with Gasteiger partial charge in [-0.1, -0.05) is 50.5 Å². The van der Waals surface area contributed by atoms with E-state index in [1.807, 2.05) is 19.1 Å². The number of ether oxygens (including phenoxy) is 2. The van der Waals surface area contributed by atoms with Crippen LogP contribution in [0.3, 0.4) is 0 Å². The van der Waals surface area contributed by atoms with Crippen molar-refractivity contribution in [3.63, 3.8) is 0 Å². The molecule has 1 saturated heterocycles. The minimum Gasteiger partial charge on any atom is -0.462 e. The van der Waals surface area contributed by atoms with Gasteiger partial charge in [0.2, 0.25) is 21.8 Å². The first-order valence-electron chi connectivity index (χ1n) is 20.7. The monoisotopic (exact) mass is 791 g/mol. The predicted molar refractivity (Wildman–Crippen MR) is 206 cm³/mol. The van der Waals surface area contributed by atoms with Crippen LogP contribution in [0.25, 0.3) is 10.9 Å². The fourth-order valence-electron chi connectivity index (χ4n) is 9.74. The van der Waals surface area contributed by atoms with Crippen LogP contribution in [-0.2, 0) is 40.5 Å². The van der Waals surface area contributed by atoms with Crippen molar-refractivity contribution < 1.29 is 37.1 Å². The Kier molecular flexibility index (Phi) is 10.7. The lowest BCUT2D eigenvalue weighted by molar-refractivity contribution is -0.156. The number of hydrogen-bond acceptors (Lipinski definition) is 10. The summed E-state index contributed by atoms with van der Waals surface area (Å²) in [6, 6.07) is 5.99. The zero-order valence-electron chi connectivity index (χ0n) is 32.0.